The number of benzene rings is 1. The number of imidazole rings is 1. The van der Waals surface area contributed by atoms with Crippen LogP contribution in [0, 0.1) is 6.92 Å². The molecular weight excluding hydrogens is 286 g/mol. The van der Waals surface area contributed by atoms with Crippen LogP contribution in [0.4, 0.5) is 0 Å². The average molecular weight is 301 g/mol. The average Bonchev–Trinajstić information content (AvgIpc) is 2.95. The lowest BCUT2D eigenvalue weighted by Crippen LogP contribution is -2.00. The van der Waals surface area contributed by atoms with E-state index in [1.54, 1.807) is 10.7 Å². The molecule has 5 nitrogen and oxygen atoms in total. The van der Waals surface area contributed by atoms with Crippen molar-refractivity contribution in [3.8, 4) is 0 Å². The summed E-state index contributed by atoms with van der Waals surface area (Å²) < 4.78 is 1.67. The Kier molecular flexibility index (Phi) is 3.70. The van der Waals surface area contributed by atoms with Crippen LogP contribution in [0.25, 0.3) is 4.96 Å². The van der Waals surface area contributed by atoms with Crippen LogP contribution in [-0.2, 0) is 24.1 Å². The van der Waals surface area contributed by atoms with E-state index in [-0.39, 0.29) is 6.42 Å². The van der Waals surface area contributed by atoms with Crippen LogP contribution in [0.2, 0.25) is 0 Å². The highest BCUT2D eigenvalue weighted by Crippen LogP contribution is 2.17. The first-order valence-electron chi connectivity index (χ1n) is 6.71. The lowest BCUT2D eigenvalue weighted by molar-refractivity contribution is -0.136. The summed E-state index contributed by atoms with van der Waals surface area (Å²) in [5.74, 6) is -0.875. The van der Waals surface area contributed by atoms with E-state index in [0.717, 1.165) is 22.8 Å². The Bertz CT molecular complexity index is 742. The second-order valence-corrected chi connectivity index (χ2v) is 6.05. The van der Waals surface area contributed by atoms with Crippen LogP contribution in [-0.4, -0.2) is 25.7 Å². The zero-order valence-electron chi connectivity index (χ0n) is 11.6. The van der Waals surface area contributed by atoms with Crippen LogP contribution in [0.3, 0.4) is 0 Å². The standard InChI is InChI=1S/C15H15N3O2S/c1-10-2-4-11(5-3-10)6-7-13-17-18-9-12(8-14(19)20)16-15(18)21-13/h2-5,9H,6-8H2,1H3,(H,19,20). The van der Waals surface area contributed by atoms with Crippen LogP contribution >= 0.6 is 11.3 Å². The molecule has 0 bridgehead atoms. The molecule has 108 valence electrons. The zero-order chi connectivity index (χ0) is 14.8. The van der Waals surface area contributed by atoms with E-state index in [2.05, 4.69) is 41.3 Å². The predicted molar refractivity (Wildman–Crippen MR) is 80.8 cm³/mol. The van der Waals surface area contributed by atoms with E-state index >= 15 is 0 Å². The Morgan fingerprint density at radius 3 is 2.71 bits per heavy atom. The van der Waals surface area contributed by atoms with Crippen molar-refractivity contribution in [2.45, 2.75) is 26.2 Å². The first-order valence-corrected chi connectivity index (χ1v) is 7.53. The zero-order valence-corrected chi connectivity index (χ0v) is 12.4. The fourth-order valence-electron chi connectivity index (χ4n) is 2.13. The third-order valence-electron chi connectivity index (χ3n) is 3.22. The fourth-order valence-corrected chi connectivity index (χ4v) is 3.03. The van der Waals surface area contributed by atoms with Gasteiger partial charge in [-0.1, -0.05) is 41.2 Å². The molecule has 0 aliphatic carbocycles. The van der Waals surface area contributed by atoms with Gasteiger partial charge in [0.2, 0.25) is 4.96 Å². The summed E-state index contributed by atoms with van der Waals surface area (Å²) in [7, 11) is 0. The van der Waals surface area contributed by atoms with Gasteiger partial charge in [-0.05, 0) is 18.9 Å². The number of nitrogens with zero attached hydrogens (tertiary/aromatic N) is 3. The Morgan fingerprint density at radius 2 is 2.05 bits per heavy atom. The molecular formula is C15H15N3O2S. The van der Waals surface area contributed by atoms with E-state index in [1.807, 2.05) is 0 Å². The summed E-state index contributed by atoms with van der Waals surface area (Å²) in [6.45, 7) is 2.08. The van der Waals surface area contributed by atoms with Gasteiger partial charge in [0.1, 0.15) is 5.01 Å². The number of rotatable bonds is 5. The van der Waals surface area contributed by atoms with Crippen molar-refractivity contribution in [2.75, 3.05) is 0 Å². The predicted octanol–water partition coefficient (Wildman–Crippen LogP) is 2.51. The van der Waals surface area contributed by atoms with Gasteiger partial charge in [-0.3, -0.25) is 4.79 Å². The highest BCUT2D eigenvalue weighted by Gasteiger charge is 2.10. The van der Waals surface area contributed by atoms with Crippen LogP contribution in [0.15, 0.2) is 30.5 Å². The minimum absolute atomic E-state index is 0.0607. The molecule has 2 heterocycles. The number of carboxylic acids is 1. The second kappa shape index (κ2) is 5.65. The van der Waals surface area contributed by atoms with Gasteiger partial charge in [0.05, 0.1) is 18.3 Å². The van der Waals surface area contributed by atoms with Crippen LogP contribution in [0.5, 0.6) is 0 Å². The molecule has 0 saturated heterocycles. The monoisotopic (exact) mass is 301 g/mol. The first kappa shape index (κ1) is 13.8. The van der Waals surface area contributed by atoms with Crippen molar-refractivity contribution in [3.05, 3.63) is 52.3 Å². The van der Waals surface area contributed by atoms with Crippen LogP contribution in [0.1, 0.15) is 21.8 Å². The summed E-state index contributed by atoms with van der Waals surface area (Å²) >= 11 is 1.52. The number of fused-ring (bicyclic) bond motifs is 1. The maximum absolute atomic E-state index is 10.7. The molecule has 6 heteroatoms. The molecule has 1 aromatic carbocycles. The number of aliphatic carboxylic acids is 1. The molecule has 0 aliphatic rings. The maximum atomic E-state index is 10.7. The van der Waals surface area contributed by atoms with Gasteiger partial charge in [-0.15, -0.1) is 0 Å². The molecule has 0 fully saturated rings. The molecule has 0 saturated carbocycles. The first-order chi connectivity index (χ1) is 10.1. The van der Waals surface area contributed by atoms with E-state index in [0.29, 0.717) is 5.69 Å². The topological polar surface area (TPSA) is 67.5 Å². The quantitative estimate of drug-likeness (QED) is 0.786. The molecule has 3 rings (SSSR count). The molecule has 1 N–H and O–H groups in total. The van der Waals surface area contributed by atoms with Crippen molar-refractivity contribution in [1.82, 2.24) is 14.6 Å². The third-order valence-corrected chi connectivity index (χ3v) is 4.20. The highest BCUT2D eigenvalue weighted by molar-refractivity contribution is 7.16. The number of hydrogen-bond acceptors (Lipinski definition) is 4. The van der Waals surface area contributed by atoms with Crippen molar-refractivity contribution >= 4 is 22.3 Å². The van der Waals surface area contributed by atoms with E-state index < -0.39 is 5.97 Å². The third kappa shape index (κ3) is 3.28. The normalized spacial score (nSPS) is 11.1. The summed E-state index contributed by atoms with van der Waals surface area (Å²) in [5.41, 5.74) is 3.10. The molecule has 0 spiro atoms. The maximum Gasteiger partial charge on any atom is 0.309 e. The van der Waals surface area contributed by atoms with Crippen molar-refractivity contribution in [1.29, 1.82) is 0 Å². The number of carboxylic acid groups (broad SMARTS) is 1. The summed E-state index contributed by atoms with van der Waals surface area (Å²) in [5, 5.41) is 14.2. The molecule has 0 unspecified atom stereocenters. The molecule has 21 heavy (non-hydrogen) atoms. The van der Waals surface area contributed by atoms with Crippen molar-refractivity contribution < 1.29 is 9.90 Å². The van der Waals surface area contributed by atoms with Crippen molar-refractivity contribution in [3.63, 3.8) is 0 Å². The lowest BCUT2D eigenvalue weighted by atomic mass is 10.1. The van der Waals surface area contributed by atoms with Crippen LogP contribution < -0.4 is 0 Å². The molecule has 3 aromatic rings. The van der Waals surface area contributed by atoms with E-state index in [4.69, 9.17) is 5.11 Å². The van der Waals surface area contributed by atoms with Gasteiger partial charge in [0.25, 0.3) is 0 Å². The Balaban J connectivity index is 1.68. The number of aryl methyl sites for hydroxylation is 3. The minimum Gasteiger partial charge on any atom is -0.481 e. The molecule has 0 amide bonds. The van der Waals surface area contributed by atoms with E-state index in [1.165, 1.54) is 22.5 Å². The van der Waals surface area contributed by atoms with E-state index in [9.17, 15) is 4.79 Å². The van der Waals surface area contributed by atoms with Gasteiger partial charge in [-0.25, -0.2) is 9.50 Å². The number of aromatic nitrogens is 3. The van der Waals surface area contributed by atoms with Gasteiger partial charge in [0, 0.05) is 6.42 Å². The Morgan fingerprint density at radius 1 is 1.29 bits per heavy atom. The minimum atomic E-state index is -0.875. The van der Waals surface area contributed by atoms with Gasteiger partial charge < -0.3 is 5.11 Å². The Hall–Kier alpha value is -2.21. The van der Waals surface area contributed by atoms with Gasteiger partial charge in [-0.2, -0.15) is 5.10 Å². The summed E-state index contributed by atoms with van der Waals surface area (Å²) in [6, 6.07) is 8.50. The molecule has 0 aliphatic heterocycles. The number of hydrogen-bond donors (Lipinski definition) is 1. The largest absolute Gasteiger partial charge is 0.481 e. The Labute approximate surface area is 125 Å². The molecule has 2 aromatic heterocycles. The van der Waals surface area contributed by atoms with Gasteiger partial charge in [0.15, 0.2) is 0 Å². The lowest BCUT2D eigenvalue weighted by Gasteiger charge is -1.99. The summed E-state index contributed by atoms with van der Waals surface area (Å²) in [6.07, 6.45) is 3.44. The fraction of sp³-hybridized carbons (Fsp3) is 0.267. The second-order valence-electron chi connectivity index (χ2n) is 5.01. The van der Waals surface area contributed by atoms with Crippen molar-refractivity contribution in [2.24, 2.45) is 0 Å². The SMILES string of the molecule is Cc1ccc(CCc2nn3cc(CC(=O)O)nc3s2)cc1. The molecule has 0 radical (unpaired) electrons. The molecule has 0 atom stereocenters. The summed E-state index contributed by atoms with van der Waals surface area (Å²) in [4.78, 5) is 15.7. The van der Waals surface area contributed by atoms with Gasteiger partial charge >= 0.3 is 5.97 Å². The smallest absolute Gasteiger partial charge is 0.309 e. The number of carbonyl (C=O) groups is 1. The highest BCUT2D eigenvalue weighted by atomic mass is 32.1.